The van der Waals surface area contributed by atoms with E-state index in [-0.39, 0.29) is 23.0 Å². The van der Waals surface area contributed by atoms with Crippen molar-refractivity contribution < 1.29 is 4.42 Å². The fourth-order valence-electron chi connectivity index (χ4n) is 3.85. The van der Waals surface area contributed by atoms with Gasteiger partial charge in [0.15, 0.2) is 0 Å². The van der Waals surface area contributed by atoms with Crippen molar-refractivity contribution in [3.05, 3.63) is 94.4 Å². The van der Waals surface area contributed by atoms with Crippen molar-refractivity contribution in [2.75, 3.05) is 5.01 Å². The van der Waals surface area contributed by atoms with Crippen LogP contribution in [0.3, 0.4) is 0 Å². The molecule has 5 aromatic rings. The van der Waals surface area contributed by atoms with Gasteiger partial charge in [-0.25, -0.2) is 9.99 Å². The van der Waals surface area contributed by atoms with Crippen LogP contribution >= 0.6 is 39.7 Å². The zero-order chi connectivity index (χ0) is 19.9. The number of fused-ring (bicyclic) bond motifs is 1. The normalized spacial score (nSPS) is 15.8. The van der Waals surface area contributed by atoms with Crippen LogP contribution in [0, 0.1) is 0 Å². The second-order valence-electron chi connectivity index (χ2n) is 7.22. The Hall–Kier alpha value is -2.74. The Labute approximate surface area is 198 Å². The van der Waals surface area contributed by atoms with Crippen LogP contribution in [0.4, 0.5) is 5.13 Å². The maximum Gasteiger partial charge on any atom is 0.207 e. The molecule has 0 spiro atoms. The van der Waals surface area contributed by atoms with E-state index in [1.807, 2.05) is 12.3 Å². The van der Waals surface area contributed by atoms with Gasteiger partial charge in [0.1, 0.15) is 0 Å². The van der Waals surface area contributed by atoms with Crippen LogP contribution in [-0.2, 0) is 0 Å². The number of aromatic nitrogens is 1. The number of hydrogen-bond donors (Lipinski definition) is 0. The highest BCUT2D eigenvalue weighted by Crippen LogP contribution is 2.40. The largest absolute Gasteiger partial charge is 0.472 e. The monoisotopic (exact) mass is 507 g/mol. The van der Waals surface area contributed by atoms with Gasteiger partial charge in [-0.3, -0.25) is 0 Å². The summed E-state index contributed by atoms with van der Waals surface area (Å²) in [6, 6.07) is 21.2. The van der Waals surface area contributed by atoms with E-state index in [4.69, 9.17) is 14.5 Å². The third-order valence-electron chi connectivity index (χ3n) is 5.38. The molecule has 0 fully saturated rings. The molecule has 4 nitrogen and oxygen atoms in total. The summed E-state index contributed by atoms with van der Waals surface area (Å²) in [6.07, 6.45) is 4.37. The van der Waals surface area contributed by atoms with Crippen molar-refractivity contribution in [1.29, 1.82) is 0 Å². The number of furan rings is 1. The molecule has 4 heterocycles. The van der Waals surface area contributed by atoms with Gasteiger partial charge in [0.2, 0.25) is 5.13 Å². The Bertz CT molecular complexity index is 1340. The van der Waals surface area contributed by atoms with E-state index in [0.717, 1.165) is 34.1 Å². The average Bonchev–Trinajstić information content (AvgIpc) is 3.58. The Kier molecular flexibility index (Phi) is 5.48. The summed E-state index contributed by atoms with van der Waals surface area (Å²) in [5.74, 6) is 0. The van der Waals surface area contributed by atoms with E-state index in [1.165, 1.54) is 15.6 Å². The van der Waals surface area contributed by atoms with Gasteiger partial charge in [-0.15, -0.1) is 39.7 Å². The third-order valence-corrected chi connectivity index (χ3v) is 7.13. The molecule has 0 amide bonds. The van der Waals surface area contributed by atoms with Crippen molar-refractivity contribution in [2.45, 2.75) is 12.5 Å². The summed E-state index contributed by atoms with van der Waals surface area (Å²) in [5.41, 5.74) is 4.32. The first-order valence-corrected chi connectivity index (χ1v) is 11.5. The summed E-state index contributed by atoms with van der Waals surface area (Å²) < 4.78 is 5.36. The maximum absolute atomic E-state index is 5.36. The van der Waals surface area contributed by atoms with Gasteiger partial charge in [-0.1, -0.05) is 42.5 Å². The molecular weight excluding hydrogens is 490 g/mol. The molecule has 154 valence electrons. The van der Waals surface area contributed by atoms with Crippen molar-refractivity contribution in [1.82, 2.24) is 4.98 Å². The van der Waals surface area contributed by atoms with Gasteiger partial charge in [0.25, 0.3) is 0 Å². The van der Waals surface area contributed by atoms with E-state index >= 15 is 0 Å². The Morgan fingerprint density at radius 3 is 2.68 bits per heavy atom. The van der Waals surface area contributed by atoms with E-state index in [2.05, 4.69) is 70.4 Å². The van der Waals surface area contributed by atoms with E-state index in [9.17, 15) is 0 Å². The van der Waals surface area contributed by atoms with Gasteiger partial charge in [0, 0.05) is 22.9 Å². The first-order valence-electron chi connectivity index (χ1n) is 9.72. The van der Waals surface area contributed by atoms with Crippen LogP contribution in [0.15, 0.2) is 93.5 Å². The summed E-state index contributed by atoms with van der Waals surface area (Å²) in [5, 5.41) is 14.6. The molecule has 1 aliphatic rings. The predicted molar refractivity (Wildman–Crippen MR) is 135 cm³/mol. The molecule has 0 aliphatic carbocycles. The molecule has 1 atom stereocenters. The SMILES string of the molecule is Br.c1csc(C2=NN(c3nc(-c4ccc5ccccc5c4)cs3)C(c3ccoc3)C2)c1. The van der Waals surface area contributed by atoms with Gasteiger partial charge < -0.3 is 4.42 Å². The smallest absolute Gasteiger partial charge is 0.207 e. The van der Waals surface area contributed by atoms with Crippen LogP contribution < -0.4 is 5.01 Å². The predicted octanol–water partition coefficient (Wildman–Crippen LogP) is 7.55. The van der Waals surface area contributed by atoms with Crippen molar-refractivity contribution in [3.8, 4) is 11.3 Å². The quantitative estimate of drug-likeness (QED) is 0.252. The van der Waals surface area contributed by atoms with E-state index in [1.54, 1.807) is 28.9 Å². The molecule has 0 N–H and O–H groups in total. The molecule has 1 aliphatic heterocycles. The zero-order valence-electron chi connectivity index (χ0n) is 16.3. The minimum Gasteiger partial charge on any atom is -0.472 e. The fraction of sp³-hybridized carbons (Fsp3) is 0.0833. The number of hydrazone groups is 1. The van der Waals surface area contributed by atoms with Gasteiger partial charge in [0.05, 0.1) is 34.9 Å². The molecule has 7 heteroatoms. The molecule has 6 rings (SSSR count). The van der Waals surface area contributed by atoms with Crippen molar-refractivity contribution in [2.24, 2.45) is 5.10 Å². The molecule has 31 heavy (non-hydrogen) atoms. The summed E-state index contributed by atoms with van der Waals surface area (Å²) in [6.45, 7) is 0. The summed E-state index contributed by atoms with van der Waals surface area (Å²) >= 11 is 3.35. The molecule has 0 saturated carbocycles. The van der Waals surface area contributed by atoms with Crippen LogP contribution in [0.2, 0.25) is 0 Å². The number of halogens is 1. The minimum atomic E-state index is 0. The number of rotatable bonds is 4. The Morgan fingerprint density at radius 2 is 1.87 bits per heavy atom. The lowest BCUT2D eigenvalue weighted by Crippen LogP contribution is -2.17. The molecule has 2 aromatic carbocycles. The number of thiophene rings is 1. The second-order valence-corrected chi connectivity index (χ2v) is 9.01. The lowest BCUT2D eigenvalue weighted by molar-refractivity contribution is 0.558. The molecule has 0 bridgehead atoms. The molecule has 0 radical (unpaired) electrons. The van der Waals surface area contributed by atoms with E-state index < -0.39 is 0 Å². The van der Waals surface area contributed by atoms with Crippen molar-refractivity contribution in [3.63, 3.8) is 0 Å². The topological polar surface area (TPSA) is 41.6 Å². The molecule has 0 saturated heterocycles. The van der Waals surface area contributed by atoms with Gasteiger partial charge >= 0.3 is 0 Å². The van der Waals surface area contributed by atoms with Crippen molar-refractivity contribution >= 4 is 61.3 Å². The first-order chi connectivity index (χ1) is 14.8. The van der Waals surface area contributed by atoms with Gasteiger partial charge in [-0.05, 0) is 34.4 Å². The highest BCUT2D eigenvalue weighted by molar-refractivity contribution is 8.93. The number of anilines is 1. The Morgan fingerprint density at radius 1 is 0.968 bits per heavy atom. The number of benzene rings is 2. The first kappa shape index (κ1) is 20.2. The Balaban J connectivity index is 0.00000204. The van der Waals surface area contributed by atoms with Crippen LogP contribution in [-0.4, -0.2) is 10.7 Å². The van der Waals surface area contributed by atoms with Crippen LogP contribution in [0.1, 0.15) is 22.9 Å². The maximum atomic E-state index is 5.36. The molecule has 1 unspecified atom stereocenters. The zero-order valence-corrected chi connectivity index (χ0v) is 19.7. The average molecular weight is 508 g/mol. The number of hydrogen-bond acceptors (Lipinski definition) is 6. The van der Waals surface area contributed by atoms with Crippen LogP contribution in [0.5, 0.6) is 0 Å². The fourth-order valence-corrected chi connectivity index (χ4v) is 5.41. The highest BCUT2D eigenvalue weighted by atomic mass is 79.9. The lowest BCUT2D eigenvalue weighted by atomic mass is 10.0. The second kappa shape index (κ2) is 8.42. The van der Waals surface area contributed by atoms with E-state index in [0.29, 0.717) is 0 Å². The van der Waals surface area contributed by atoms with Crippen LogP contribution in [0.25, 0.3) is 22.0 Å². The molecular formula is C24H18BrN3OS2. The third kappa shape index (κ3) is 3.73. The summed E-state index contributed by atoms with van der Waals surface area (Å²) in [4.78, 5) is 6.16. The minimum absolute atomic E-state index is 0. The highest BCUT2D eigenvalue weighted by Gasteiger charge is 2.32. The van der Waals surface area contributed by atoms with Gasteiger partial charge in [-0.2, -0.15) is 5.10 Å². The number of nitrogens with zero attached hydrogens (tertiary/aromatic N) is 3. The number of thiazole rings is 1. The standard InChI is InChI=1S/C24H17N3OS2.BrH/c1-2-5-17-12-18(8-7-16(17)4-1)21-15-30-24(25-21)27-22(19-9-10-28-14-19)13-20(26-27)23-6-3-11-29-23;/h1-12,14-15,22H,13H2;1H. The summed E-state index contributed by atoms with van der Waals surface area (Å²) in [7, 11) is 0. The molecule has 3 aromatic heterocycles. The lowest BCUT2D eigenvalue weighted by Gasteiger charge is -2.19.